The maximum Gasteiger partial charge on any atom is 0.234 e. The van der Waals surface area contributed by atoms with Crippen LogP contribution in [0, 0.1) is 6.92 Å². The lowest BCUT2D eigenvalue weighted by Crippen LogP contribution is -2.32. The van der Waals surface area contributed by atoms with Gasteiger partial charge in [-0.2, -0.15) is 4.57 Å². The number of anilines is 2. The summed E-state index contributed by atoms with van der Waals surface area (Å²) in [5.41, 5.74) is 8.01. The van der Waals surface area contributed by atoms with Crippen molar-refractivity contribution >= 4 is 11.4 Å². The maximum absolute atomic E-state index is 4.58. The lowest BCUT2D eigenvalue weighted by Gasteiger charge is -2.26. The van der Waals surface area contributed by atoms with Crippen LogP contribution in [0.4, 0.5) is 11.4 Å². The van der Waals surface area contributed by atoms with E-state index in [1.165, 1.54) is 16.8 Å². The highest BCUT2D eigenvalue weighted by Gasteiger charge is 2.20. The van der Waals surface area contributed by atoms with Crippen molar-refractivity contribution in [3.05, 3.63) is 96.6 Å². The fourth-order valence-corrected chi connectivity index (χ4v) is 3.58. The van der Waals surface area contributed by atoms with E-state index in [-0.39, 0.29) is 0 Å². The molecule has 3 rings (SSSR count). The first-order valence-corrected chi connectivity index (χ1v) is 9.69. The molecule has 2 aromatic carbocycles. The Morgan fingerprint density at radius 1 is 1.14 bits per heavy atom. The molecule has 28 heavy (non-hydrogen) atoms. The average Bonchev–Trinajstić information content (AvgIpc) is 2.72. The molecule has 0 saturated heterocycles. The Kier molecular flexibility index (Phi) is 6.05. The van der Waals surface area contributed by atoms with Crippen LogP contribution in [-0.4, -0.2) is 4.98 Å². The number of aryl methyl sites for hydroxylation is 3. The maximum atomic E-state index is 4.58. The molecule has 1 heterocycles. The number of allylic oxidation sites excluding steroid dienone is 2. The number of nitrogens with zero attached hydrogens (tertiary/aromatic N) is 3. The van der Waals surface area contributed by atoms with Crippen LogP contribution < -0.4 is 9.47 Å². The molecule has 0 atom stereocenters. The van der Waals surface area contributed by atoms with Crippen LogP contribution in [0.25, 0.3) is 11.3 Å². The summed E-state index contributed by atoms with van der Waals surface area (Å²) in [5.74, 6) is 0. The van der Waals surface area contributed by atoms with Gasteiger partial charge in [-0.3, -0.25) is 0 Å². The smallest absolute Gasteiger partial charge is 0.234 e. The predicted molar refractivity (Wildman–Crippen MR) is 117 cm³/mol. The lowest BCUT2D eigenvalue weighted by molar-refractivity contribution is -0.661. The number of hydrogen-bond donors (Lipinski definition) is 0. The first-order valence-electron chi connectivity index (χ1n) is 9.69. The first-order chi connectivity index (χ1) is 13.6. The molecular weight excluding hydrogens is 342 g/mol. The predicted octanol–water partition coefficient (Wildman–Crippen LogP) is 5.67. The van der Waals surface area contributed by atoms with Crippen molar-refractivity contribution in [2.75, 3.05) is 4.90 Å². The monoisotopic (exact) mass is 370 g/mol. The zero-order valence-electron chi connectivity index (χ0n) is 17.2. The van der Waals surface area contributed by atoms with Crippen LogP contribution in [0.15, 0.2) is 85.4 Å². The third-order valence-electron chi connectivity index (χ3n) is 4.98. The highest BCUT2D eigenvalue weighted by Crippen LogP contribution is 2.33. The SMILES string of the molecule is C=C/C(=C\C)N(c1ccccc1)c1ccc(-c2c(CC)ncc[n+]2C)c(C)c1. The standard InChI is InChI=1S/C25H28N3/c1-6-20(7-2)28(21-12-10-9-11-13-21)22-14-15-23(19(4)18-22)25-24(8-3)26-16-17-27(25)5/h6-7,9-18H,1,8H2,2-5H3/q+1/b20-7+. The third kappa shape index (κ3) is 3.74. The molecule has 142 valence electrons. The van der Waals surface area contributed by atoms with E-state index in [2.05, 4.69) is 90.5 Å². The molecule has 0 radical (unpaired) electrons. The minimum Gasteiger partial charge on any atom is -0.311 e. The molecule has 0 spiro atoms. The fraction of sp³-hybridized carbons (Fsp3) is 0.200. The molecule has 0 saturated carbocycles. The number of benzene rings is 2. The average molecular weight is 371 g/mol. The molecule has 0 aliphatic rings. The van der Waals surface area contributed by atoms with E-state index >= 15 is 0 Å². The Balaban J connectivity index is 2.14. The zero-order valence-corrected chi connectivity index (χ0v) is 17.2. The van der Waals surface area contributed by atoms with Gasteiger partial charge in [0.15, 0.2) is 6.20 Å². The normalized spacial score (nSPS) is 11.4. The summed E-state index contributed by atoms with van der Waals surface area (Å²) in [6.45, 7) is 10.4. The van der Waals surface area contributed by atoms with Crippen LogP contribution in [0.3, 0.4) is 0 Å². The summed E-state index contributed by atoms with van der Waals surface area (Å²) in [4.78, 5) is 6.81. The van der Waals surface area contributed by atoms with Crippen LogP contribution in [-0.2, 0) is 13.5 Å². The van der Waals surface area contributed by atoms with Gasteiger partial charge in [-0.05, 0) is 62.2 Å². The summed E-state index contributed by atoms with van der Waals surface area (Å²) >= 11 is 0. The van der Waals surface area contributed by atoms with Gasteiger partial charge in [0.25, 0.3) is 0 Å². The zero-order chi connectivity index (χ0) is 20.1. The number of aromatic nitrogens is 2. The van der Waals surface area contributed by atoms with E-state index in [0.29, 0.717) is 0 Å². The quantitative estimate of drug-likeness (QED) is 0.411. The summed E-state index contributed by atoms with van der Waals surface area (Å²) in [6.07, 6.45) is 8.76. The van der Waals surface area contributed by atoms with Crippen molar-refractivity contribution in [2.45, 2.75) is 27.2 Å². The Bertz CT molecular complexity index is 1000. The molecule has 0 amide bonds. The highest BCUT2D eigenvalue weighted by molar-refractivity contribution is 5.74. The van der Waals surface area contributed by atoms with Gasteiger partial charge in [0.2, 0.25) is 5.69 Å². The molecule has 3 aromatic rings. The fourth-order valence-electron chi connectivity index (χ4n) is 3.58. The lowest BCUT2D eigenvalue weighted by atomic mass is 10.0. The highest BCUT2D eigenvalue weighted by atomic mass is 15.1. The van der Waals surface area contributed by atoms with Crippen LogP contribution in [0.1, 0.15) is 25.1 Å². The van der Waals surface area contributed by atoms with Crippen molar-refractivity contribution in [1.82, 2.24) is 4.98 Å². The van der Waals surface area contributed by atoms with E-state index in [0.717, 1.165) is 29.2 Å². The van der Waals surface area contributed by atoms with E-state index in [1.807, 2.05) is 31.5 Å². The van der Waals surface area contributed by atoms with Gasteiger partial charge in [0, 0.05) is 17.1 Å². The molecule has 0 aliphatic heterocycles. The largest absolute Gasteiger partial charge is 0.311 e. The van der Waals surface area contributed by atoms with Gasteiger partial charge in [0.1, 0.15) is 12.7 Å². The summed E-state index contributed by atoms with van der Waals surface area (Å²) < 4.78 is 2.16. The summed E-state index contributed by atoms with van der Waals surface area (Å²) in [7, 11) is 2.08. The van der Waals surface area contributed by atoms with Gasteiger partial charge in [-0.15, -0.1) is 0 Å². The van der Waals surface area contributed by atoms with Crippen molar-refractivity contribution in [1.29, 1.82) is 0 Å². The van der Waals surface area contributed by atoms with Crippen molar-refractivity contribution in [2.24, 2.45) is 7.05 Å². The molecule has 0 unspecified atom stereocenters. The van der Waals surface area contributed by atoms with Gasteiger partial charge in [0.05, 0.1) is 11.8 Å². The van der Waals surface area contributed by atoms with Gasteiger partial charge in [-0.1, -0.05) is 37.8 Å². The third-order valence-corrected chi connectivity index (χ3v) is 4.98. The molecule has 3 heteroatoms. The molecular formula is C25H28N3+. The molecule has 3 nitrogen and oxygen atoms in total. The minimum atomic E-state index is 0.903. The van der Waals surface area contributed by atoms with E-state index in [1.54, 1.807) is 0 Å². The molecule has 0 fully saturated rings. The Morgan fingerprint density at radius 3 is 2.50 bits per heavy atom. The summed E-state index contributed by atoms with van der Waals surface area (Å²) in [6, 6.07) is 17.0. The van der Waals surface area contributed by atoms with Crippen LogP contribution in [0.2, 0.25) is 0 Å². The number of para-hydroxylation sites is 1. The second-order valence-corrected chi connectivity index (χ2v) is 6.77. The topological polar surface area (TPSA) is 20.0 Å². The second kappa shape index (κ2) is 8.66. The molecule has 1 aromatic heterocycles. The second-order valence-electron chi connectivity index (χ2n) is 6.77. The van der Waals surface area contributed by atoms with E-state index in [9.17, 15) is 0 Å². The molecule has 0 N–H and O–H groups in total. The van der Waals surface area contributed by atoms with E-state index < -0.39 is 0 Å². The molecule has 0 aliphatic carbocycles. The van der Waals surface area contributed by atoms with Gasteiger partial charge >= 0.3 is 0 Å². The van der Waals surface area contributed by atoms with Gasteiger partial charge in [-0.25, -0.2) is 4.98 Å². The minimum absolute atomic E-state index is 0.903. The molecule has 0 bridgehead atoms. The first kappa shape index (κ1) is 19.6. The van der Waals surface area contributed by atoms with Crippen molar-refractivity contribution in [3.8, 4) is 11.3 Å². The number of rotatable bonds is 6. The van der Waals surface area contributed by atoms with Crippen molar-refractivity contribution in [3.63, 3.8) is 0 Å². The summed E-state index contributed by atoms with van der Waals surface area (Å²) in [5, 5.41) is 0. The number of hydrogen-bond acceptors (Lipinski definition) is 2. The van der Waals surface area contributed by atoms with Crippen LogP contribution in [0.5, 0.6) is 0 Å². The Morgan fingerprint density at radius 2 is 1.89 bits per heavy atom. The van der Waals surface area contributed by atoms with Crippen molar-refractivity contribution < 1.29 is 4.57 Å². The Hall–Kier alpha value is -3.20. The Labute approximate surface area is 168 Å². The van der Waals surface area contributed by atoms with Gasteiger partial charge < -0.3 is 4.90 Å². The van der Waals surface area contributed by atoms with E-state index in [4.69, 9.17) is 0 Å². The van der Waals surface area contributed by atoms with Crippen LogP contribution >= 0.6 is 0 Å².